The van der Waals surface area contributed by atoms with E-state index in [9.17, 15) is 0 Å². The van der Waals surface area contributed by atoms with Crippen molar-refractivity contribution in [3.05, 3.63) is 59.8 Å². The molecule has 0 nitrogen and oxygen atoms in total. The minimum absolute atomic E-state index is 1.24. The van der Waals surface area contributed by atoms with Gasteiger partial charge in [-0.05, 0) is 36.8 Å². The molecule has 0 amide bonds. The fraction of sp³-hybridized carbons (Fsp3) is 0.412. The summed E-state index contributed by atoms with van der Waals surface area (Å²) in [5.41, 5.74) is 2.94. The molecule has 0 fully saturated rings. The molecule has 0 atom stereocenters. The van der Waals surface area contributed by atoms with E-state index in [0.717, 1.165) is 0 Å². The lowest BCUT2D eigenvalue weighted by atomic mass is 9.97. The molecule has 0 N–H and O–H groups in total. The Hall–Kier alpha value is -1.30. The highest BCUT2D eigenvalue weighted by Gasteiger charge is 2.04. The van der Waals surface area contributed by atoms with E-state index in [2.05, 4.69) is 48.6 Å². The van der Waals surface area contributed by atoms with E-state index in [1.807, 2.05) is 0 Å². The van der Waals surface area contributed by atoms with Gasteiger partial charge >= 0.3 is 0 Å². The van der Waals surface area contributed by atoms with Crippen molar-refractivity contribution in [2.24, 2.45) is 0 Å². The Kier molecular flexibility index (Phi) is 5.09. The van der Waals surface area contributed by atoms with Gasteiger partial charge in [0.15, 0.2) is 0 Å². The lowest BCUT2D eigenvalue weighted by Crippen LogP contribution is -1.88. The minimum atomic E-state index is 1.24. The maximum absolute atomic E-state index is 2.46. The Morgan fingerprint density at radius 3 is 2.47 bits per heavy atom. The summed E-state index contributed by atoms with van der Waals surface area (Å²) in [6.07, 6.45) is 26.9. The largest absolute Gasteiger partial charge is 0.0807 e. The highest BCUT2D eigenvalue weighted by atomic mass is 14.1. The van der Waals surface area contributed by atoms with Gasteiger partial charge in [0.2, 0.25) is 0 Å². The van der Waals surface area contributed by atoms with E-state index in [1.54, 1.807) is 5.57 Å². The van der Waals surface area contributed by atoms with Gasteiger partial charge in [-0.3, -0.25) is 0 Å². The van der Waals surface area contributed by atoms with Gasteiger partial charge in [-0.1, -0.05) is 67.9 Å². The van der Waals surface area contributed by atoms with E-state index < -0.39 is 0 Å². The summed E-state index contributed by atoms with van der Waals surface area (Å²) in [5, 5.41) is 0. The summed E-state index contributed by atoms with van der Waals surface area (Å²) >= 11 is 0. The lowest BCUT2D eigenvalue weighted by Gasteiger charge is -2.08. The van der Waals surface area contributed by atoms with Crippen molar-refractivity contribution < 1.29 is 0 Å². The molecule has 0 aromatic heterocycles. The second-order valence-electron chi connectivity index (χ2n) is 4.79. The van der Waals surface area contributed by atoms with Crippen molar-refractivity contribution in [3.8, 4) is 0 Å². The van der Waals surface area contributed by atoms with Gasteiger partial charge in [0.25, 0.3) is 0 Å². The zero-order chi connectivity index (χ0) is 11.8. The predicted octanol–water partition coefficient (Wildman–Crippen LogP) is 5.27. The van der Waals surface area contributed by atoms with E-state index in [4.69, 9.17) is 0 Å². The van der Waals surface area contributed by atoms with Crippen LogP contribution in [-0.2, 0) is 0 Å². The second kappa shape index (κ2) is 7.11. The topological polar surface area (TPSA) is 0 Å². The molecule has 90 valence electrons. The number of hydrogen-bond acceptors (Lipinski definition) is 0. The van der Waals surface area contributed by atoms with Crippen LogP contribution in [0, 0.1) is 0 Å². The first-order valence-corrected chi connectivity index (χ1v) is 6.88. The number of rotatable bonds is 1. The van der Waals surface area contributed by atoms with Gasteiger partial charge < -0.3 is 0 Å². The van der Waals surface area contributed by atoms with Crippen LogP contribution in [0.4, 0.5) is 0 Å². The highest BCUT2D eigenvalue weighted by Crippen LogP contribution is 2.23. The first-order valence-electron chi connectivity index (χ1n) is 6.88. The molecule has 0 bridgehead atoms. The zero-order valence-electron chi connectivity index (χ0n) is 10.6. The van der Waals surface area contributed by atoms with Gasteiger partial charge in [0.05, 0.1) is 0 Å². The normalized spacial score (nSPS) is 21.6. The molecule has 2 aliphatic carbocycles. The highest BCUT2D eigenvalue weighted by molar-refractivity contribution is 5.44. The maximum Gasteiger partial charge on any atom is -0.0228 e. The van der Waals surface area contributed by atoms with Crippen molar-refractivity contribution in [1.82, 2.24) is 0 Å². The first kappa shape index (κ1) is 12.2. The van der Waals surface area contributed by atoms with E-state index in [1.165, 1.54) is 50.5 Å². The molecule has 0 radical (unpaired) electrons. The SMILES string of the molecule is C1=CC=CC(C2=CCCCCCCC2)=CC=C1. The van der Waals surface area contributed by atoms with Crippen LogP contribution in [-0.4, -0.2) is 0 Å². The molecule has 0 saturated heterocycles. The average Bonchev–Trinajstić information content (AvgIpc) is 2.42. The van der Waals surface area contributed by atoms with Gasteiger partial charge in [0, 0.05) is 0 Å². The fourth-order valence-electron chi connectivity index (χ4n) is 2.41. The third-order valence-electron chi connectivity index (χ3n) is 3.41. The van der Waals surface area contributed by atoms with Crippen molar-refractivity contribution in [1.29, 1.82) is 0 Å². The summed E-state index contributed by atoms with van der Waals surface area (Å²) in [6.45, 7) is 0. The Morgan fingerprint density at radius 2 is 1.47 bits per heavy atom. The third kappa shape index (κ3) is 4.22. The van der Waals surface area contributed by atoms with Crippen LogP contribution in [0.2, 0.25) is 0 Å². The summed E-state index contributed by atoms with van der Waals surface area (Å²) in [5.74, 6) is 0. The van der Waals surface area contributed by atoms with Crippen LogP contribution in [0.25, 0.3) is 0 Å². The molecule has 2 aliphatic rings. The Labute approximate surface area is 105 Å². The zero-order valence-corrected chi connectivity index (χ0v) is 10.6. The molecular formula is C17H22. The van der Waals surface area contributed by atoms with Crippen LogP contribution < -0.4 is 0 Å². The fourth-order valence-corrected chi connectivity index (χ4v) is 2.41. The molecular weight excluding hydrogens is 204 g/mol. The van der Waals surface area contributed by atoms with Crippen LogP contribution in [0.5, 0.6) is 0 Å². The van der Waals surface area contributed by atoms with Crippen molar-refractivity contribution in [2.45, 2.75) is 44.9 Å². The van der Waals surface area contributed by atoms with E-state index in [0.29, 0.717) is 0 Å². The Bertz CT molecular complexity index is 375. The van der Waals surface area contributed by atoms with Crippen molar-refractivity contribution in [3.63, 3.8) is 0 Å². The molecule has 0 heteroatoms. The smallest absolute Gasteiger partial charge is 0.0228 e. The van der Waals surface area contributed by atoms with Crippen molar-refractivity contribution in [2.75, 3.05) is 0 Å². The summed E-state index contributed by atoms with van der Waals surface area (Å²) in [6, 6.07) is 0. The van der Waals surface area contributed by atoms with Crippen LogP contribution in [0.3, 0.4) is 0 Å². The third-order valence-corrected chi connectivity index (χ3v) is 3.41. The van der Waals surface area contributed by atoms with Gasteiger partial charge in [-0.2, -0.15) is 0 Å². The van der Waals surface area contributed by atoms with Crippen LogP contribution in [0.1, 0.15) is 44.9 Å². The van der Waals surface area contributed by atoms with Crippen molar-refractivity contribution >= 4 is 0 Å². The molecule has 0 spiro atoms. The molecule has 0 aromatic rings. The average molecular weight is 226 g/mol. The van der Waals surface area contributed by atoms with Gasteiger partial charge in [-0.15, -0.1) is 0 Å². The molecule has 0 aromatic carbocycles. The second-order valence-corrected chi connectivity index (χ2v) is 4.79. The molecule has 0 saturated carbocycles. The molecule has 2 rings (SSSR count). The summed E-state index contributed by atoms with van der Waals surface area (Å²) < 4.78 is 0. The van der Waals surface area contributed by atoms with Crippen LogP contribution in [0.15, 0.2) is 59.8 Å². The molecule has 0 heterocycles. The Morgan fingerprint density at radius 1 is 0.706 bits per heavy atom. The van der Waals surface area contributed by atoms with Crippen LogP contribution >= 0.6 is 0 Å². The molecule has 0 unspecified atom stereocenters. The first-order chi connectivity index (χ1) is 8.47. The molecule has 17 heavy (non-hydrogen) atoms. The summed E-state index contributed by atoms with van der Waals surface area (Å²) in [7, 11) is 0. The van der Waals surface area contributed by atoms with E-state index in [-0.39, 0.29) is 0 Å². The predicted molar refractivity (Wildman–Crippen MR) is 75.9 cm³/mol. The molecule has 0 aliphatic heterocycles. The minimum Gasteiger partial charge on any atom is -0.0807 e. The van der Waals surface area contributed by atoms with E-state index >= 15 is 0 Å². The standard InChI is InChI=1S/C17H22/c1-2-5-9-13-16(12-8-4-1)17-14-10-6-3-7-11-15-17/h3,6-7,10-12,14-15H,1-2,4-5,8-9,13H2. The van der Waals surface area contributed by atoms with Gasteiger partial charge in [0.1, 0.15) is 0 Å². The van der Waals surface area contributed by atoms with Gasteiger partial charge in [-0.25, -0.2) is 0 Å². The summed E-state index contributed by atoms with van der Waals surface area (Å²) in [4.78, 5) is 0. The monoisotopic (exact) mass is 226 g/mol. The maximum atomic E-state index is 2.46. The number of allylic oxidation sites excluding steroid dienone is 10. The lowest BCUT2D eigenvalue weighted by molar-refractivity contribution is 0.630. The number of hydrogen-bond donors (Lipinski definition) is 0. The Balaban J connectivity index is 2.12. The quantitative estimate of drug-likeness (QED) is 0.571.